The van der Waals surface area contributed by atoms with Gasteiger partial charge in [-0.1, -0.05) is 236 Å². The Labute approximate surface area is 440 Å². The average Bonchev–Trinajstić information content (AvgIpc) is 3.34. The second-order valence-electron chi connectivity index (χ2n) is 21.2. The van der Waals surface area contributed by atoms with Crippen LogP contribution in [-0.2, 0) is 23.9 Å². The van der Waals surface area contributed by atoms with Crippen LogP contribution in [0.2, 0.25) is 0 Å². The maximum absolute atomic E-state index is 13.9. The summed E-state index contributed by atoms with van der Waals surface area (Å²) in [5.41, 5.74) is 0. The van der Waals surface area contributed by atoms with E-state index in [2.05, 4.69) is 72.4 Å². The minimum absolute atomic E-state index is 0.0122. The Balaban J connectivity index is -0.00000861. The molecule has 0 atom stereocenters. The summed E-state index contributed by atoms with van der Waals surface area (Å²) in [6, 6.07) is 0.318. The Morgan fingerprint density at radius 1 is 0.343 bits per heavy atom. The van der Waals surface area contributed by atoms with Gasteiger partial charge in [0.15, 0.2) is 0 Å². The molecule has 0 unspecified atom stereocenters. The summed E-state index contributed by atoms with van der Waals surface area (Å²) in [7, 11) is 4.26. The Bertz CT molecular complexity index is 970. The van der Waals surface area contributed by atoms with Gasteiger partial charge in [-0.15, -0.1) is 0 Å². The molecule has 0 aliphatic heterocycles. The van der Waals surface area contributed by atoms with Crippen molar-refractivity contribution in [3.63, 3.8) is 0 Å². The zero-order chi connectivity index (χ0) is 52.6. The molecule has 0 aromatic heterocycles. The van der Waals surface area contributed by atoms with Crippen molar-refractivity contribution in [1.29, 1.82) is 0 Å². The summed E-state index contributed by atoms with van der Waals surface area (Å²) in [6.07, 6.45) is 49.5. The van der Waals surface area contributed by atoms with Crippen LogP contribution in [0.4, 0.5) is 0 Å². The van der Waals surface area contributed by atoms with E-state index in [9.17, 15) is 14.4 Å². The zero-order valence-electron chi connectivity index (χ0n) is 49.7. The number of rotatable bonds is 51. The summed E-state index contributed by atoms with van der Waals surface area (Å²) < 4.78 is 12.1. The zero-order valence-corrected chi connectivity index (χ0v) is 49.7. The standard InChI is InChI=1S/C58H114N2O5.C3H8.C2H6/c1-8-13-18-27-38-48-56(61)60(52-41-51-59(6)7)53(42-32-28-23-25-30-39-49-57(62)64-54(44-34-19-14-9-2)45-35-20-15-10-3)43-33-29-24-26-31-40-50-58(63)65-55(46-36-21-16-11-4)47-37-22-17-12-5;1-3-2;1-2/h53-55H,8-52H2,1-7H3;3H2,1-2H3;1-2H3. The third kappa shape index (κ3) is 52.7. The Morgan fingerprint density at radius 3 is 0.943 bits per heavy atom. The molecule has 0 radical (unpaired) electrons. The molecule has 0 aromatic rings. The van der Waals surface area contributed by atoms with Crippen molar-refractivity contribution in [1.82, 2.24) is 9.80 Å². The first-order valence-corrected chi connectivity index (χ1v) is 31.5. The monoisotopic (exact) mass is 993 g/mol. The van der Waals surface area contributed by atoms with Gasteiger partial charge in [-0.3, -0.25) is 14.4 Å². The van der Waals surface area contributed by atoms with Crippen LogP contribution in [0.1, 0.15) is 345 Å². The molecule has 0 rings (SSSR count). The molecule has 0 aliphatic carbocycles. The number of hydrogen-bond acceptors (Lipinski definition) is 6. The number of amides is 1. The molecule has 0 N–H and O–H groups in total. The minimum Gasteiger partial charge on any atom is -0.462 e. The van der Waals surface area contributed by atoms with Crippen molar-refractivity contribution in [2.75, 3.05) is 27.2 Å². The lowest BCUT2D eigenvalue weighted by Gasteiger charge is -2.33. The molecule has 0 spiro atoms. The highest BCUT2D eigenvalue weighted by Crippen LogP contribution is 2.23. The van der Waals surface area contributed by atoms with Crippen molar-refractivity contribution in [3.8, 4) is 0 Å². The van der Waals surface area contributed by atoms with E-state index in [-0.39, 0.29) is 24.1 Å². The summed E-state index contributed by atoms with van der Waals surface area (Å²) in [4.78, 5) is 44.1. The van der Waals surface area contributed by atoms with Crippen LogP contribution in [-0.4, -0.2) is 73.1 Å². The third-order valence-corrected chi connectivity index (χ3v) is 13.7. The number of esters is 2. The lowest BCUT2D eigenvalue weighted by Crippen LogP contribution is -2.41. The van der Waals surface area contributed by atoms with E-state index in [4.69, 9.17) is 9.47 Å². The molecule has 0 aliphatic rings. The average molecular weight is 994 g/mol. The smallest absolute Gasteiger partial charge is 0.306 e. The summed E-state index contributed by atoms with van der Waals surface area (Å²) in [6.45, 7) is 21.4. The van der Waals surface area contributed by atoms with Gasteiger partial charge in [-0.2, -0.15) is 0 Å². The van der Waals surface area contributed by atoms with Crippen LogP contribution in [0.15, 0.2) is 0 Å². The molecule has 0 saturated carbocycles. The largest absolute Gasteiger partial charge is 0.462 e. The first-order valence-electron chi connectivity index (χ1n) is 31.5. The molecule has 0 saturated heterocycles. The Kier molecular flexibility index (Phi) is 62.2. The third-order valence-electron chi connectivity index (χ3n) is 13.7. The van der Waals surface area contributed by atoms with Gasteiger partial charge in [-0.25, -0.2) is 0 Å². The number of hydrogen-bond donors (Lipinski definition) is 0. The van der Waals surface area contributed by atoms with E-state index in [0.29, 0.717) is 31.2 Å². The molecular formula is C63H128N2O5. The molecule has 70 heavy (non-hydrogen) atoms. The number of unbranched alkanes of at least 4 members (excludes halogenated alkanes) is 26. The summed E-state index contributed by atoms with van der Waals surface area (Å²) >= 11 is 0. The number of nitrogens with zero attached hydrogens (tertiary/aromatic N) is 2. The molecule has 0 fully saturated rings. The Morgan fingerprint density at radius 2 is 0.614 bits per heavy atom. The van der Waals surface area contributed by atoms with Crippen LogP contribution in [0, 0.1) is 0 Å². The van der Waals surface area contributed by atoms with Crippen LogP contribution < -0.4 is 0 Å². The van der Waals surface area contributed by atoms with Crippen molar-refractivity contribution >= 4 is 17.8 Å². The van der Waals surface area contributed by atoms with E-state index in [1.165, 1.54) is 154 Å². The minimum atomic E-state index is 0.0122. The highest BCUT2D eigenvalue weighted by atomic mass is 16.5. The maximum Gasteiger partial charge on any atom is 0.306 e. The van der Waals surface area contributed by atoms with Crippen molar-refractivity contribution in [2.45, 2.75) is 363 Å². The molecule has 0 aromatic carbocycles. The fourth-order valence-electron chi connectivity index (χ4n) is 9.47. The van der Waals surface area contributed by atoms with Gasteiger partial charge in [0.05, 0.1) is 0 Å². The molecule has 7 heteroatoms. The quantitative estimate of drug-likeness (QED) is 0.0446. The summed E-state index contributed by atoms with van der Waals surface area (Å²) in [5.74, 6) is 0.397. The lowest BCUT2D eigenvalue weighted by molar-refractivity contribution is -0.151. The topological polar surface area (TPSA) is 76.2 Å². The predicted molar refractivity (Wildman–Crippen MR) is 308 cm³/mol. The van der Waals surface area contributed by atoms with E-state index >= 15 is 0 Å². The second kappa shape index (κ2) is 59.9. The maximum atomic E-state index is 13.9. The van der Waals surface area contributed by atoms with Gasteiger partial charge in [0.25, 0.3) is 0 Å². The molecule has 7 nitrogen and oxygen atoms in total. The van der Waals surface area contributed by atoms with Crippen LogP contribution in [0.3, 0.4) is 0 Å². The van der Waals surface area contributed by atoms with Gasteiger partial charge >= 0.3 is 11.9 Å². The molecule has 0 heterocycles. The highest BCUT2D eigenvalue weighted by molar-refractivity contribution is 5.76. The van der Waals surface area contributed by atoms with Crippen molar-refractivity contribution in [3.05, 3.63) is 0 Å². The number of carbonyl (C=O) groups excluding carboxylic acids is 3. The molecular weight excluding hydrogens is 865 g/mol. The first-order chi connectivity index (χ1) is 34.1. The van der Waals surface area contributed by atoms with Gasteiger partial charge in [0, 0.05) is 31.8 Å². The van der Waals surface area contributed by atoms with Gasteiger partial charge in [-0.05, 0) is 111 Å². The molecule has 420 valence electrons. The van der Waals surface area contributed by atoms with E-state index in [1.807, 2.05) is 13.8 Å². The van der Waals surface area contributed by atoms with Crippen LogP contribution in [0.5, 0.6) is 0 Å². The SMILES string of the molecule is CC.CCC.CCCCCCCC(=O)N(CCCN(C)C)C(CCCCCCCCC(=O)OC(CCCCCC)CCCCCC)CCCCCCCCC(=O)OC(CCCCCC)CCCCCC. The van der Waals surface area contributed by atoms with E-state index in [0.717, 1.165) is 122 Å². The highest BCUT2D eigenvalue weighted by Gasteiger charge is 2.23. The van der Waals surface area contributed by atoms with Crippen molar-refractivity contribution in [2.24, 2.45) is 0 Å². The number of carbonyl (C=O) groups is 3. The van der Waals surface area contributed by atoms with Gasteiger partial charge in [0.1, 0.15) is 12.2 Å². The van der Waals surface area contributed by atoms with Gasteiger partial charge < -0.3 is 19.3 Å². The van der Waals surface area contributed by atoms with Crippen molar-refractivity contribution < 1.29 is 23.9 Å². The first kappa shape index (κ1) is 72.6. The van der Waals surface area contributed by atoms with Crippen LogP contribution in [0.25, 0.3) is 0 Å². The molecule has 1 amide bonds. The fraction of sp³-hybridized carbons (Fsp3) is 0.952. The normalized spacial score (nSPS) is 11.2. The number of ether oxygens (including phenoxy) is 2. The van der Waals surface area contributed by atoms with Crippen LogP contribution >= 0.6 is 0 Å². The van der Waals surface area contributed by atoms with Gasteiger partial charge in [0.2, 0.25) is 5.91 Å². The van der Waals surface area contributed by atoms with E-state index < -0.39 is 0 Å². The molecule has 0 bridgehead atoms. The summed E-state index contributed by atoms with van der Waals surface area (Å²) in [5, 5.41) is 0. The second-order valence-corrected chi connectivity index (χ2v) is 21.2. The Hall–Kier alpha value is -1.63. The predicted octanol–water partition coefficient (Wildman–Crippen LogP) is 19.9. The fourth-order valence-corrected chi connectivity index (χ4v) is 9.47. The lowest BCUT2D eigenvalue weighted by atomic mass is 9.97. The van der Waals surface area contributed by atoms with E-state index in [1.54, 1.807) is 0 Å².